The average molecular weight is 460 g/mol. The van der Waals surface area contributed by atoms with E-state index in [1.54, 1.807) is 24.5 Å². The van der Waals surface area contributed by atoms with Gasteiger partial charge in [0.05, 0.1) is 30.5 Å². The number of benzene rings is 1. The van der Waals surface area contributed by atoms with Crippen molar-refractivity contribution in [1.29, 1.82) is 0 Å². The quantitative estimate of drug-likeness (QED) is 0.477. The third-order valence-corrected chi connectivity index (χ3v) is 7.21. The van der Waals surface area contributed by atoms with Gasteiger partial charge in [-0.05, 0) is 43.4 Å². The number of hydrogen-bond donors (Lipinski definition) is 2. The van der Waals surface area contributed by atoms with Crippen LogP contribution >= 0.6 is 23.1 Å². The number of nitrogens with zero attached hydrogens (tertiary/aromatic N) is 1. The van der Waals surface area contributed by atoms with Crippen LogP contribution in [0.4, 0.5) is 0 Å². The van der Waals surface area contributed by atoms with Gasteiger partial charge in [-0.1, -0.05) is 6.07 Å². The first kappa shape index (κ1) is 21.7. The molecule has 0 saturated carbocycles. The molecule has 0 radical (unpaired) electrons. The van der Waals surface area contributed by atoms with Crippen LogP contribution in [0.1, 0.15) is 29.1 Å². The smallest absolute Gasteiger partial charge is 0.259 e. The zero-order valence-corrected chi connectivity index (χ0v) is 19.0. The highest BCUT2D eigenvalue weighted by Crippen LogP contribution is 2.33. The molecule has 7 nitrogen and oxygen atoms in total. The van der Waals surface area contributed by atoms with E-state index in [1.165, 1.54) is 28.6 Å². The molecule has 3 aromatic rings. The molecule has 0 fully saturated rings. The molecule has 1 aliphatic carbocycles. The number of hydrogen-bond acceptors (Lipinski definition) is 7. The summed E-state index contributed by atoms with van der Waals surface area (Å²) in [7, 11) is 1.61. The molecule has 0 atom stereocenters. The molecule has 2 aromatic heterocycles. The zero-order chi connectivity index (χ0) is 21.6. The fourth-order valence-electron chi connectivity index (χ4n) is 3.62. The van der Waals surface area contributed by atoms with E-state index < -0.39 is 0 Å². The van der Waals surface area contributed by atoms with Crippen LogP contribution in [0, 0.1) is 0 Å². The van der Waals surface area contributed by atoms with E-state index in [-0.39, 0.29) is 11.5 Å². The fraction of sp³-hybridized carbons (Fsp3) is 0.409. The molecule has 4 rings (SSSR count). The molecule has 1 aromatic carbocycles. The second-order valence-electron chi connectivity index (χ2n) is 7.27. The summed E-state index contributed by atoms with van der Waals surface area (Å²) >= 11 is 3.07. The molecule has 0 aliphatic heterocycles. The van der Waals surface area contributed by atoms with Crippen molar-refractivity contribution >= 4 is 39.2 Å². The zero-order valence-electron chi connectivity index (χ0n) is 17.4. The molecule has 1 amide bonds. The minimum absolute atomic E-state index is 0.0563. The SMILES string of the molecule is COc1cccc(OCCNC(=O)CSCc2nc3sc4c(c3c(=O)[nH]2)CCCC4)c1. The Hall–Kier alpha value is -2.52. The van der Waals surface area contributed by atoms with Crippen LogP contribution in [0.2, 0.25) is 0 Å². The van der Waals surface area contributed by atoms with Gasteiger partial charge in [-0.15, -0.1) is 23.1 Å². The highest BCUT2D eigenvalue weighted by Gasteiger charge is 2.19. The Morgan fingerprint density at radius 2 is 2.13 bits per heavy atom. The summed E-state index contributed by atoms with van der Waals surface area (Å²) in [6.45, 7) is 0.788. The number of aryl methyl sites for hydroxylation is 2. The molecule has 9 heteroatoms. The maximum atomic E-state index is 12.6. The molecule has 0 bridgehead atoms. The van der Waals surface area contributed by atoms with E-state index >= 15 is 0 Å². The molecule has 2 heterocycles. The van der Waals surface area contributed by atoms with E-state index in [1.807, 2.05) is 18.2 Å². The number of carbonyl (C=O) groups is 1. The Labute approximate surface area is 188 Å². The predicted molar refractivity (Wildman–Crippen MR) is 125 cm³/mol. The number of nitrogens with one attached hydrogen (secondary N) is 2. The van der Waals surface area contributed by atoms with Crippen LogP contribution in [-0.4, -0.2) is 41.9 Å². The van der Waals surface area contributed by atoms with Crippen LogP contribution < -0.4 is 20.3 Å². The third-order valence-electron chi connectivity index (χ3n) is 5.08. The van der Waals surface area contributed by atoms with E-state index in [0.717, 1.165) is 35.2 Å². The van der Waals surface area contributed by atoms with Crippen molar-refractivity contribution in [3.8, 4) is 11.5 Å². The third kappa shape index (κ3) is 5.40. The number of amides is 1. The second-order valence-corrected chi connectivity index (χ2v) is 9.34. The van der Waals surface area contributed by atoms with E-state index in [0.29, 0.717) is 36.2 Å². The summed E-state index contributed by atoms with van der Waals surface area (Å²) in [6, 6.07) is 7.34. The van der Waals surface area contributed by atoms with Crippen molar-refractivity contribution in [2.45, 2.75) is 31.4 Å². The summed E-state index contributed by atoms with van der Waals surface area (Å²) < 4.78 is 10.8. The van der Waals surface area contributed by atoms with Crippen molar-refractivity contribution in [1.82, 2.24) is 15.3 Å². The van der Waals surface area contributed by atoms with Gasteiger partial charge in [0, 0.05) is 10.9 Å². The molecule has 1 aliphatic rings. The summed E-state index contributed by atoms with van der Waals surface area (Å²) in [6.07, 6.45) is 4.33. The lowest BCUT2D eigenvalue weighted by Crippen LogP contribution is -2.29. The van der Waals surface area contributed by atoms with Gasteiger partial charge in [0.2, 0.25) is 5.91 Å². The average Bonchev–Trinajstić information content (AvgIpc) is 3.16. The molecular weight excluding hydrogens is 434 g/mol. The normalized spacial score (nSPS) is 13.1. The lowest BCUT2D eigenvalue weighted by Gasteiger charge is -2.09. The molecule has 0 saturated heterocycles. The van der Waals surface area contributed by atoms with Crippen LogP contribution in [0.25, 0.3) is 10.2 Å². The Bertz CT molecular complexity index is 1130. The van der Waals surface area contributed by atoms with E-state index in [9.17, 15) is 9.59 Å². The predicted octanol–water partition coefficient (Wildman–Crippen LogP) is 3.30. The highest BCUT2D eigenvalue weighted by molar-refractivity contribution is 7.99. The van der Waals surface area contributed by atoms with Crippen molar-refractivity contribution in [3.63, 3.8) is 0 Å². The first-order valence-electron chi connectivity index (χ1n) is 10.3. The summed E-state index contributed by atoms with van der Waals surface area (Å²) in [5, 5.41) is 3.60. The molecule has 0 spiro atoms. The van der Waals surface area contributed by atoms with Gasteiger partial charge in [0.15, 0.2) is 0 Å². The van der Waals surface area contributed by atoms with E-state index in [2.05, 4.69) is 15.3 Å². The van der Waals surface area contributed by atoms with Crippen molar-refractivity contribution in [3.05, 3.63) is 50.9 Å². The van der Waals surface area contributed by atoms with Crippen LogP contribution in [0.5, 0.6) is 11.5 Å². The second kappa shape index (κ2) is 10.2. The first-order valence-corrected chi connectivity index (χ1v) is 12.3. The topological polar surface area (TPSA) is 93.3 Å². The van der Waals surface area contributed by atoms with Gasteiger partial charge in [0.25, 0.3) is 5.56 Å². The number of thiophene rings is 1. The first-order chi connectivity index (χ1) is 15.1. The number of aromatic nitrogens is 2. The number of aromatic amines is 1. The lowest BCUT2D eigenvalue weighted by atomic mass is 9.97. The van der Waals surface area contributed by atoms with E-state index in [4.69, 9.17) is 9.47 Å². The number of carbonyl (C=O) groups excluding carboxylic acids is 1. The summed E-state index contributed by atoms with van der Waals surface area (Å²) in [5.41, 5.74) is 1.13. The van der Waals surface area contributed by atoms with Gasteiger partial charge in [-0.25, -0.2) is 4.98 Å². The molecule has 0 unspecified atom stereocenters. The van der Waals surface area contributed by atoms with Gasteiger partial charge in [-0.3, -0.25) is 9.59 Å². The Morgan fingerprint density at radius 1 is 1.29 bits per heavy atom. The van der Waals surface area contributed by atoms with Crippen LogP contribution in [0.15, 0.2) is 29.1 Å². The Morgan fingerprint density at radius 3 is 3.00 bits per heavy atom. The Balaban J connectivity index is 1.22. The lowest BCUT2D eigenvalue weighted by molar-refractivity contribution is -0.118. The number of rotatable bonds is 9. The number of ether oxygens (including phenoxy) is 2. The molecular formula is C22H25N3O4S2. The minimum atomic E-state index is -0.0748. The Kier molecular flexibility index (Phi) is 7.14. The minimum Gasteiger partial charge on any atom is -0.497 e. The number of methoxy groups -OCH3 is 1. The molecule has 164 valence electrons. The standard InChI is InChI=1S/C22H25N3O4S2/c1-28-14-5-4-6-15(11-14)29-10-9-23-19(26)13-30-12-18-24-21(27)20-16-7-2-3-8-17(16)31-22(20)25-18/h4-6,11H,2-3,7-10,12-13H2,1H3,(H,23,26)(H,24,25,27). The van der Waals surface area contributed by atoms with Crippen LogP contribution in [0.3, 0.4) is 0 Å². The monoisotopic (exact) mass is 459 g/mol. The van der Waals surface area contributed by atoms with Crippen LogP contribution in [-0.2, 0) is 23.4 Å². The summed E-state index contributed by atoms with van der Waals surface area (Å²) in [4.78, 5) is 34.3. The number of fused-ring (bicyclic) bond motifs is 3. The number of thioether (sulfide) groups is 1. The maximum absolute atomic E-state index is 12.6. The molecule has 31 heavy (non-hydrogen) atoms. The van der Waals surface area contributed by atoms with Gasteiger partial charge < -0.3 is 19.8 Å². The summed E-state index contributed by atoms with van der Waals surface area (Å²) in [5.74, 6) is 2.75. The fourth-order valence-corrected chi connectivity index (χ4v) is 5.62. The van der Waals surface area contributed by atoms with Crippen molar-refractivity contribution in [2.24, 2.45) is 0 Å². The van der Waals surface area contributed by atoms with Gasteiger partial charge in [0.1, 0.15) is 28.8 Å². The highest BCUT2D eigenvalue weighted by atomic mass is 32.2. The van der Waals surface area contributed by atoms with Crippen molar-refractivity contribution < 1.29 is 14.3 Å². The molecule has 2 N–H and O–H groups in total. The largest absolute Gasteiger partial charge is 0.497 e. The maximum Gasteiger partial charge on any atom is 0.259 e. The van der Waals surface area contributed by atoms with Crippen molar-refractivity contribution in [2.75, 3.05) is 26.0 Å². The van der Waals surface area contributed by atoms with Gasteiger partial charge >= 0.3 is 0 Å². The van der Waals surface area contributed by atoms with Gasteiger partial charge in [-0.2, -0.15) is 0 Å². The number of H-pyrrole nitrogens is 1.